The molecule has 3 atom stereocenters. The van der Waals surface area contributed by atoms with E-state index < -0.39 is 38.3 Å². The minimum atomic E-state index is -3.22. The Kier molecular flexibility index (Phi) is 13.6. The maximum Gasteiger partial charge on any atom is 0.713 e. The first-order valence-corrected chi connectivity index (χ1v) is 18.6. The predicted molar refractivity (Wildman–Crippen MR) is 186 cm³/mol. The van der Waals surface area contributed by atoms with E-state index in [4.69, 9.17) is 3.79 Å². The molecule has 0 aromatic heterocycles. The molecule has 1 fully saturated rings. The summed E-state index contributed by atoms with van der Waals surface area (Å²) in [5.41, 5.74) is 0.817. The number of aliphatic carboxylic acids is 1. The summed E-state index contributed by atoms with van der Waals surface area (Å²) in [6.45, 7) is 37.1. The van der Waals surface area contributed by atoms with Gasteiger partial charge in [-0.15, -0.1) is 0 Å². The van der Waals surface area contributed by atoms with Gasteiger partial charge in [-0.2, -0.15) is 0 Å². The molecule has 0 bridgehead atoms. The molecular formula is C38H67AlO6. The Hall–Kier alpha value is -1.45. The molecule has 1 N–H and O–H groups in total. The van der Waals surface area contributed by atoms with Crippen LogP contribution in [0.1, 0.15) is 155 Å². The van der Waals surface area contributed by atoms with E-state index in [0.29, 0.717) is 6.42 Å². The molecule has 0 amide bonds. The largest absolute Gasteiger partial charge is 0.713 e. The Balaban J connectivity index is 3.14. The Bertz CT molecular complexity index is 1100. The van der Waals surface area contributed by atoms with Gasteiger partial charge in [-0.3, -0.25) is 9.59 Å². The highest BCUT2D eigenvalue weighted by atomic mass is 27.2. The molecule has 6 nitrogen and oxygen atoms in total. The van der Waals surface area contributed by atoms with Crippen LogP contribution in [0.3, 0.4) is 0 Å². The quantitative estimate of drug-likeness (QED) is 0.132. The van der Waals surface area contributed by atoms with E-state index in [-0.39, 0.29) is 60.5 Å². The summed E-state index contributed by atoms with van der Waals surface area (Å²) in [5.74, 6) is -3.46. The van der Waals surface area contributed by atoms with Crippen LogP contribution in [0.25, 0.3) is 0 Å². The fourth-order valence-electron chi connectivity index (χ4n) is 9.56. The zero-order valence-corrected chi connectivity index (χ0v) is 32.8. The van der Waals surface area contributed by atoms with Crippen LogP contribution < -0.4 is 0 Å². The molecule has 0 spiro atoms. The number of hydrogen-bond donors (Lipinski definition) is 1. The van der Waals surface area contributed by atoms with Crippen LogP contribution in [0.15, 0.2) is 12.2 Å². The van der Waals surface area contributed by atoms with Gasteiger partial charge in [0.2, 0.25) is 0 Å². The number of carbonyl (C=O) groups excluding carboxylic acids is 3. The van der Waals surface area contributed by atoms with Gasteiger partial charge >= 0.3 is 20.5 Å². The Morgan fingerprint density at radius 3 is 1.58 bits per heavy atom. The van der Waals surface area contributed by atoms with Crippen LogP contribution in [0, 0.1) is 50.2 Å². The first kappa shape index (κ1) is 41.6. The lowest BCUT2D eigenvalue weighted by molar-refractivity contribution is -0.148. The van der Waals surface area contributed by atoms with Gasteiger partial charge in [0.1, 0.15) is 9.29 Å². The fourth-order valence-corrected chi connectivity index (χ4v) is 11.8. The monoisotopic (exact) mass is 646 g/mol. The van der Waals surface area contributed by atoms with Gasteiger partial charge in [0.15, 0.2) is 0 Å². The minimum absolute atomic E-state index is 0.0217. The summed E-state index contributed by atoms with van der Waals surface area (Å²) in [7, 11) is 0. The highest BCUT2D eigenvalue weighted by Gasteiger charge is 2.57. The van der Waals surface area contributed by atoms with Crippen LogP contribution in [-0.2, 0) is 23.0 Å². The molecule has 0 saturated carbocycles. The lowest BCUT2D eigenvalue weighted by Gasteiger charge is -2.41. The van der Waals surface area contributed by atoms with Crippen molar-refractivity contribution >= 4 is 35.7 Å². The third kappa shape index (κ3) is 14.9. The SMILES string of the molecule is C=C(C)C(CC(C)(C)CC(C)(C)CC(C)(C)C)C1C[C](=O)[Al]([O]C(=O)C(CC(=O)O)CC(C)(C)CC(C)(C)CC(C)(C)C)[C]1=O. The van der Waals surface area contributed by atoms with Gasteiger partial charge in [-0.05, 0) is 83.9 Å². The molecule has 0 aromatic carbocycles. The first-order chi connectivity index (χ1) is 19.8. The number of carbonyl (C=O) groups is 4. The number of hydrogen-bond acceptors (Lipinski definition) is 5. The van der Waals surface area contributed by atoms with Crippen molar-refractivity contribution in [3.63, 3.8) is 0 Å². The van der Waals surface area contributed by atoms with Crippen molar-refractivity contribution in [3.8, 4) is 0 Å². The molecule has 0 aliphatic carbocycles. The predicted octanol–water partition coefficient (Wildman–Crippen LogP) is 9.58. The summed E-state index contributed by atoms with van der Waals surface area (Å²) < 4.78 is 5.28. The van der Waals surface area contributed by atoms with Crippen molar-refractivity contribution in [2.45, 2.75) is 155 Å². The normalized spacial score (nSPS) is 18.6. The number of carboxylic acids is 1. The van der Waals surface area contributed by atoms with Crippen LogP contribution in [-0.4, -0.2) is 40.8 Å². The number of carboxylic acid groups (broad SMARTS) is 1. The topological polar surface area (TPSA) is 97.7 Å². The second-order valence-corrected chi connectivity index (χ2v) is 22.3. The van der Waals surface area contributed by atoms with E-state index in [2.05, 4.69) is 104 Å². The summed E-state index contributed by atoms with van der Waals surface area (Å²) in [6, 6.07) is 0. The Labute approximate surface area is 280 Å². The first-order valence-electron chi connectivity index (χ1n) is 17.0. The molecule has 7 heteroatoms. The minimum Gasteiger partial charge on any atom is -0.607 e. The Morgan fingerprint density at radius 2 is 1.20 bits per heavy atom. The summed E-state index contributed by atoms with van der Waals surface area (Å²) >= 11 is -3.22. The van der Waals surface area contributed by atoms with Gasteiger partial charge in [-0.25, -0.2) is 0 Å². The van der Waals surface area contributed by atoms with E-state index in [9.17, 15) is 24.3 Å². The molecule has 1 rings (SSSR count). The maximum atomic E-state index is 13.8. The van der Waals surface area contributed by atoms with E-state index in [1.165, 1.54) is 0 Å². The smallest absolute Gasteiger partial charge is 0.607 e. The molecule has 0 radical (unpaired) electrons. The van der Waals surface area contributed by atoms with Crippen LogP contribution in [0.5, 0.6) is 0 Å². The molecule has 1 aliphatic heterocycles. The van der Waals surface area contributed by atoms with Gasteiger partial charge < -0.3 is 18.5 Å². The van der Waals surface area contributed by atoms with Crippen molar-refractivity contribution in [2.24, 2.45) is 50.2 Å². The average molecular weight is 647 g/mol. The summed E-state index contributed by atoms with van der Waals surface area (Å²) in [5, 5.41) is 9.67. The summed E-state index contributed by atoms with van der Waals surface area (Å²) in [6.07, 6.45) is 4.51. The Morgan fingerprint density at radius 1 is 0.778 bits per heavy atom. The van der Waals surface area contributed by atoms with Crippen molar-refractivity contribution in [2.75, 3.05) is 0 Å². The lowest BCUT2D eigenvalue weighted by Crippen LogP contribution is -2.40. The maximum absolute atomic E-state index is 13.8. The number of rotatable bonds is 16. The van der Waals surface area contributed by atoms with Crippen molar-refractivity contribution < 1.29 is 28.1 Å². The standard InChI is InChI=1S/C21H36O2.C17H32O4.Al/c1-16(2)18(17(13-23)10-11-22)12-20(6,7)15-21(8,9)14-19(3,4)5;1-15(2,3)10-17(6,7)11-16(4,5)9-12(14(20)21)8-13(18)19;/h17-18H,1,10,12,14-15H2,2-9H3;12H,8-11H2,1-7H3,(H,18,19)(H,20,21);/q;;+1/p-1. The molecule has 1 saturated heterocycles. The highest BCUT2D eigenvalue weighted by molar-refractivity contribution is 7.10. The molecular weight excluding hydrogens is 579 g/mol. The average Bonchev–Trinajstić information content (AvgIpc) is 2.99. The zero-order valence-electron chi connectivity index (χ0n) is 31.7. The van der Waals surface area contributed by atoms with E-state index in [1.54, 1.807) is 0 Å². The van der Waals surface area contributed by atoms with Crippen LogP contribution in [0.4, 0.5) is 0 Å². The molecule has 1 aliphatic rings. The van der Waals surface area contributed by atoms with Crippen molar-refractivity contribution in [1.82, 2.24) is 0 Å². The molecule has 1 heterocycles. The second-order valence-electron chi connectivity index (χ2n) is 20.1. The van der Waals surface area contributed by atoms with Crippen molar-refractivity contribution in [3.05, 3.63) is 12.2 Å². The van der Waals surface area contributed by atoms with E-state index in [0.717, 1.165) is 37.7 Å². The van der Waals surface area contributed by atoms with Crippen molar-refractivity contribution in [1.29, 1.82) is 0 Å². The zero-order chi connectivity index (χ0) is 35.6. The molecule has 0 aromatic rings. The van der Waals surface area contributed by atoms with Gasteiger partial charge in [0, 0.05) is 12.3 Å². The van der Waals surface area contributed by atoms with Gasteiger partial charge in [-0.1, -0.05) is 109 Å². The molecule has 3 unspecified atom stereocenters. The third-order valence-corrected chi connectivity index (χ3v) is 11.2. The number of allylic oxidation sites excluding steroid dienone is 1. The fraction of sp³-hybridized carbons (Fsp3) is 0.842. The highest BCUT2D eigenvalue weighted by Crippen LogP contribution is 2.48. The van der Waals surface area contributed by atoms with Gasteiger partial charge in [0.05, 0.1) is 12.3 Å². The third-order valence-electron chi connectivity index (χ3n) is 8.95. The summed E-state index contributed by atoms with van der Waals surface area (Å²) in [4.78, 5) is 52.4. The van der Waals surface area contributed by atoms with Gasteiger partial charge in [0.25, 0.3) is 5.97 Å². The molecule has 45 heavy (non-hydrogen) atoms. The lowest BCUT2D eigenvalue weighted by atomic mass is 9.64. The van der Waals surface area contributed by atoms with Crippen LogP contribution in [0.2, 0.25) is 0 Å². The molecule has 258 valence electrons. The van der Waals surface area contributed by atoms with Crippen LogP contribution >= 0.6 is 0 Å². The van der Waals surface area contributed by atoms with E-state index in [1.807, 2.05) is 6.92 Å². The second kappa shape index (κ2) is 14.8. The van der Waals surface area contributed by atoms with E-state index >= 15 is 0 Å².